The smallest absolute Gasteiger partial charge is 0.00197 e. The maximum atomic E-state index is 2.37. The van der Waals surface area contributed by atoms with Crippen molar-refractivity contribution in [2.45, 2.75) is 0 Å². The third-order valence-electron chi connectivity index (χ3n) is 5.13. The van der Waals surface area contributed by atoms with Crippen molar-refractivity contribution in [1.82, 2.24) is 0 Å². The summed E-state index contributed by atoms with van der Waals surface area (Å²) in [4.78, 5) is 0. The third kappa shape index (κ3) is 1.09. The summed E-state index contributed by atoms with van der Waals surface area (Å²) < 4.78 is 0. The van der Waals surface area contributed by atoms with E-state index in [0.717, 1.165) is 0 Å². The summed E-state index contributed by atoms with van der Waals surface area (Å²) in [5, 5.41) is 13.9. The van der Waals surface area contributed by atoms with Crippen LogP contribution in [0.15, 0.2) is 72.8 Å². The van der Waals surface area contributed by atoms with Crippen molar-refractivity contribution in [3.63, 3.8) is 0 Å². The van der Waals surface area contributed by atoms with Crippen molar-refractivity contribution in [2.24, 2.45) is 0 Å². The normalized spacial score (nSPS) is 12.5. The molecule has 0 atom stereocenters. The molecule has 6 aromatic carbocycles. The van der Waals surface area contributed by atoms with Crippen molar-refractivity contribution in [2.75, 3.05) is 0 Å². The number of hydrogen-bond acceptors (Lipinski definition) is 0. The van der Waals surface area contributed by atoms with E-state index in [-0.39, 0.29) is 0 Å². The zero-order valence-electron chi connectivity index (χ0n) is 11.9. The van der Waals surface area contributed by atoms with E-state index in [1.165, 1.54) is 53.9 Å². The highest BCUT2D eigenvalue weighted by atomic mass is 14.2. The second-order valence-corrected chi connectivity index (χ2v) is 6.20. The van der Waals surface area contributed by atoms with E-state index >= 15 is 0 Å². The maximum absolute atomic E-state index is 2.37. The van der Waals surface area contributed by atoms with Crippen molar-refractivity contribution in [3.05, 3.63) is 72.8 Å². The second-order valence-electron chi connectivity index (χ2n) is 6.20. The Morgan fingerprint density at radius 2 is 1.09 bits per heavy atom. The molecule has 0 nitrogen and oxygen atoms in total. The Labute approximate surface area is 127 Å². The Hall–Kier alpha value is -2.86. The molecule has 0 radical (unpaired) electrons. The first kappa shape index (κ1) is 10.8. The molecular formula is C22H12. The molecule has 0 spiro atoms. The molecule has 6 aromatic rings. The molecule has 0 heterocycles. The first-order chi connectivity index (χ1) is 10.9. The predicted molar refractivity (Wildman–Crippen MR) is 96.3 cm³/mol. The topological polar surface area (TPSA) is 0 Å². The lowest BCUT2D eigenvalue weighted by Gasteiger charge is -2.18. The molecule has 0 aromatic heterocycles. The average molecular weight is 276 g/mol. The Kier molecular flexibility index (Phi) is 1.71. The molecule has 0 heteroatoms. The fourth-order valence-corrected chi connectivity index (χ4v) is 4.19. The van der Waals surface area contributed by atoms with Gasteiger partial charge in [-0.1, -0.05) is 66.7 Å². The average Bonchev–Trinajstić information content (AvgIpc) is 2.57. The first-order valence-corrected chi connectivity index (χ1v) is 7.72. The van der Waals surface area contributed by atoms with Gasteiger partial charge in [-0.3, -0.25) is 0 Å². The second kappa shape index (κ2) is 3.48. The number of hydrogen-bond donors (Lipinski definition) is 0. The lowest BCUT2D eigenvalue weighted by atomic mass is 9.85. The molecule has 0 saturated carbocycles. The van der Waals surface area contributed by atoms with Crippen LogP contribution in [0.2, 0.25) is 0 Å². The van der Waals surface area contributed by atoms with Crippen LogP contribution in [0.3, 0.4) is 0 Å². The van der Waals surface area contributed by atoms with Gasteiger partial charge >= 0.3 is 0 Å². The van der Waals surface area contributed by atoms with E-state index in [1.54, 1.807) is 0 Å². The molecule has 0 aliphatic carbocycles. The molecule has 0 bridgehead atoms. The summed E-state index contributed by atoms with van der Waals surface area (Å²) in [5.74, 6) is 0. The number of fused-ring (bicyclic) bond motifs is 5. The number of rotatable bonds is 0. The van der Waals surface area contributed by atoms with Crippen LogP contribution in [0.1, 0.15) is 0 Å². The molecule has 6 rings (SSSR count). The van der Waals surface area contributed by atoms with E-state index in [4.69, 9.17) is 0 Å². The molecule has 0 unspecified atom stereocenters. The molecule has 100 valence electrons. The largest absolute Gasteiger partial charge is 0.0616 e. The summed E-state index contributed by atoms with van der Waals surface area (Å²) in [6.07, 6.45) is 0. The predicted octanol–water partition coefficient (Wildman–Crippen LogP) is 6.33. The third-order valence-corrected chi connectivity index (χ3v) is 5.13. The maximum Gasteiger partial charge on any atom is -0.00197 e. The summed E-state index contributed by atoms with van der Waals surface area (Å²) in [6.45, 7) is 0. The monoisotopic (exact) mass is 276 g/mol. The van der Waals surface area contributed by atoms with Gasteiger partial charge in [0.2, 0.25) is 0 Å². The van der Waals surface area contributed by atoms with Gasteiger partial charge in [0.25, 0.3) is 0 Å². The van der Waals surface area contributed by atoms with Crippen molar-refractivity contribution in [3.8, 4) is 0 Å². The van der Waals surface area contributed by atoms with Gasteiger partial charge in [-0.05, 0) is 59.9 Å². The van der Waals surface area contributed by atoms with E-state index in [9.17, 15) is 0 Å². The van der Waals surface area contributed by atoms with Crippen LogP contribution in [0.5, 0.6) is 0 Å². The van der Waals surface area contributed by atoms with Crippen molar-refractivity contribution in [1.29, 1.82) is 0 Å². The van der Waals surface area contributed by atoms with Crippen LogP contribution in [-0.2, 0) is 0 Å². The number of benzene rings is 5. The van der Waals surface area contributed by atoms with E-state index in [1.807, 2.05) is 0 Å². The fraction of sp³-hybridized carbons (Fsp3) is 0. The molecule has 22 heavy (non-hydrogen) atoms. The van der Waals surface area contributed by atoms with E-state index in [0.29, 0.717) is 0 Å². The minimum Gasteiger partial charge on any atom is -0.0616 e. The summed E-state index contributed by atoms with van der Waals surface area (Å²) in [7, 11) is 0. The molecule has 0 aliphatic heterocycles. The van der Waals surface area contributed by atoms with Gasteiger partial charge in [0, 0.05) is 0 Å². The Balaban J connectivity index is 2.02. The Bertz CT molecular complexity index is 1290. The molecule has 0 N–H and O–H groups in total. The lowest BCUT2D eigenvalue weighted by Crippen LogP contribution is -1.90. The zero-order valence-corrected chi connectivity index (χ0v) is 11.9. The quantitative estimate of drug-likeness (QED) is 0.284. The van der Waals surface area contributed by atoms with Gasteiger partial charge < -0.3 is 0 Å². The van der Waals surface area contributed by atoms with Crippen LogP contribution in [0, 0.1) is 0 Å². The molecule has 0 amide bonds. The van der Waals surface area contributed by atoms with Crippen molar-refractivity contribution >= 4 is 53.9 Å². The molecule has 0 aliphatic rings. The standard InChI is InChI=1S/C22H12/c1-2-7-17-16(6-1)19-12-15-9-8-13-4-3-5-14-10-11-18(22(17)19)21(15)20(13)14/h1-12H. The minimum atomic E-state index is 1.34. The SMILES string of the molecule is c1cc2ccc3cc4c5ccccc5c4c4ccc(c1)c2c34. The lowest BCUT2D eigenvalue weighted by molar-refractivity contribution is 1.79. The van der Waals surface area contributed by atoms with E-state index in [2.05, 4.69) is 72.8 Å². The first-order valence-electron chi connectivity index (χ1n) is 7.72. The molecule has 0 fully saturated rings. The highest BCUT2D eigenvalue weighted by Crippen LogP contribution is 2.44. The highest BCUT2D eigenvalue weighted by molar-refractivity contribution is 6.39. The molecular weight excluding hydrogens is 264 g/mol. The van der Waals surface area contributed by atoms with Crippen LogP contribution in [0.4, 0.5) is 0 Å². The minimum absolute atomic E-state index is 1.34. The Morgan fingerprint density at radius 1 is 0.364 bits per heavy atom. The molecule has 0 saturated heterocycles. The van der Waals surface area contributed by atoms with Crippen LogP contribution in [-0.4, -0.2) is 0 Å². The van der Waals surface area contributed by atoms with Crippen LogP contribution in [0.25, 0.3) is 53.9 Å². The van der Waals surface area contributed by atoms with Gasteiger partial charge in [-0.2, -0.15) is 0 Å². The van der Waals surface area contributed by atoms with Gasteiger partial charge in [0.1, 0.15) is 0 Å². The van der Waals surface area contributed by atoms with E-state index < -0.39 is 0 Å². The van der Waals surface area contributed by atoms with Gasteiger partial charge in [-0.25, -0.2) is 0 Å². The Morgan fingerprint density at radius 3 is 1.95 bits per heavy atom. The van der Waals surface area contributed by atoms with Gasteiger partial charge in [0.05, 0.1) is 0 Å². The highest BCUT2D eigenvalue weighted by Gasteiger charge is 2.16. The van der Waals surface area contributed by atoms with Crippen molar-refractivity contribution < 1.29 is 0 Å². The zero-order chi connectivity index (χ0) is 14.3. The van der Waals surface area contributed by atoms with Crippen LogP contribution < -0.4 is 0 Å². The van der Waals surface area contributed by atoms with Crippen LogP contribution >= 0.6 is 0 Å². The summed E-state index contributed by atoms with van der Waals surface area (Å²) in [6, 6.07) is 26.8. The van der Waals surface area contributed by atoms with Gasteiger partial charge in [0.15, 0.2) is 0 Å². The summed E-state index contributed by atoms with van der Waals surface area (Å²) >= 11 is 0. The van der Waals surface area contributed by atoms with Gasteiger partial charge in [-0.15, -0.1) is 0 Å². The summed E-state index contributed by atoms with van der Waals surface area (Å²) in [5.41, 5.74) is 0. The fourth-order valence-electron chi connectivity index (χ4n) is 4.19.